The lowest BCUT2D eigenvalue weighted by Crippen LogP contribution is -2.42. The topological polar surface area (TPSA) is 73.2 Å². The summed E-state index contributed by atoms with van der Waals surface area (Å²) in [6, 6.07) is 8.08. The van der Waals surface area contributed by atoms with Gasteiger partial charge in [0.05, 0.1) is 42.9 Å². The van der Waals surface area contributed by atoms with Crippen LogP contribution in [0.25, 0.3) is 0 Å². The molecule has 4 rings (SSSR count). The molecule has 3 aliphatic rings. The van der Waals surface area contributed by atoms with E-state index in [9.17, 15) is 5.11 Å². The monoisotopic (exact) mass is 693 g/mol. The first-order valence-corrected chi connectivity index (χ1v) is 19.3. The number of nitrogens with zero attached hydrogens (tertiary/aromatic N) is 2. The van der Waals surface area contributed by atoms with Gasteiger partial charge < -0.3 is 24.7 Å². The lowest BCUT2D eigenvalue weighted by Gasteiger charge is -2.42. The van der Waals surface area contributed by atoms with Crippen molar-refractivity contribution < 1.29 is 19.7 Å². The van der Waals surface area contributed by atoms with Gasteiger partial charge in [-0.05, 0) is 131 Å². The van der Waals surface area contributed by atoms with Crippen molar-refractivity contribution in [2.75, 3.05) is 51.1 Å². The van der Waals surface area contributed by atoms with E-state index in [0.717, 1.165) is 49.3 Å². The van der Waals surface area contributed by atoms with Gasteiger partial charge in [-0.15, -0.1) is 11.7 Å². The molecule has 1 saturated carbocycles. The van der Waals surface area contributed by atoms with Crippen LogP contribution in [0.15, 0.2) is 30.4 Å². The van der Waals surface area contributed by atoms with E-state index in [4.69, 9.17) is 38.2 Å². The number of carboxylic acid groups (broad SMARTS) is 1. The molecule has 6 nitrogen and oxygen atoms in total. The number of hydrogen-bond acceptors (Lipinski definition) is 6. The quantitative estimate of drug-likeness (QED) is 0.0666. The van der Waals surface area contributed by atoms with Crippen LogP contribution in [0.5, 0.6) is 0 Å². The molecule has 49 heavy (non-hydrogen) atoms. The Kier molecular flexibility index (Phi) is 22.4. The fourth-order valence-corrected chi connectivity index (χ4v) is 8.07. The van der Waals surface area contributed by atoms with Crippen LogP contribution in [0.2, 0.25) is 5.11 Å². The van der Waals surface area contributed by atoms with Crippen molar-refractivity contribution >= 4 is 48.3 Å². The SMILES string of the molecule is C=C(C)CC.CCCC1(C)C(OCCO)CCC1C1CCc2cc(N3CCC(N(C)C)CC3)ccc2C1.O=CO.[B]C([B])([B])CCCCS. The van der Waals surface area contributed by atoms with Gasteiger partial charge in [0, 0.05) is 24.8 Å². The van der Waals surface area contributed by atoms with Crippen LogP contribution in [-0.4, -0.2) is 103 Å². The van der Waals surface area contributed by atoms with E-state index >= 15 is 0 Å². The minimum Gasteiger partial charge on any atom is -0.483 e. The summed E-state index contributed by atoms with van der Waals surface area (Å²) in [7, 11) is 20.4. The molecule has 1 aromatic carbocycles. The molecule has 2 aliphatic carbocycles. The zero-order chi connectivity index (χ0) is 37.0. The van der Waals surface area contributed by atoms with Gasteiger partial charge in [-0.1, -0.05) is 51.7 Å². The summed E-state index contributed by atoms with van der Waals surface area (Å²) in [5, 5.41) is 15.2. The predicted molar refractivity (Wildman–Crippen MR) is 215 cm³/mol. The third-order valence-corrected chi connectivity index (χ3v) is 11.0. The Morgan fingerprint density at radius 1 is 1.12 bits per heavy atom. The molecular formula is C39H67B3N2O4S. The van der Waals surface area contributed by atoms with E-state index in [1.165, 1.54) is 75.7 Å². The maximum atomic E-state index is 9.27. The van der Waals surface area contributed by atoms with Crippen molar-refractivity contribution in [2.45, 2.75) is 128 Å². The van der Waals surface area contributed by atoms with Crippen molar-refractivity contribution in [2.24, 2.45) is 17.3 Å². The number of fused-ring (bicyclic) bond motifs is 1. The molecule has 0 aromatic heterocycles. The van der Waals surface area contributed by atoms with Crippen molar-refractivity contribution in [3.8, 4) is 0 Å². The zero-order valence-electron chi connectivity index (χ0n) is 31.8. The highest BCUT2D eigenvalue weighted by Gasteiger charge is 2.49. The molecule has 1 heterocycles. The smallest absolute Gasteiger partial charge is 0.290 e. The number of allylic oxidation sites excluding steroid dienone is 1. The van der Waals surface area contributed by atoms with Gasteiger partial charge in [0.15, 0.2) is 0 Å². The van der Waals surface area contributed by atoms with Crippen molar-refractivity contribution in [1.82, 2.24) is 4.90 Å². The number of carbonyl (C=O) groups is 1. The number of ether oxygens (including phenoxy) is 1. The Labute approximate surface area is 310 Å². The van der Waals surface area contributed by atoms with Crippen LogP contribution in [0.3, 0.4) is 0 Å². The van der Waals surface area contributed by atoms with E-state index in [1.807, 2.05) is 6.92 Å². The normalized spacial score (nSPS) is 23.6. The van der Waals surface area contributed by atoms with E-state index < -0.39 is 5.11 Å². The number of rotatable bonds is 13. The second-order valence-electron chi connectivity index (χ2n) is 14.9. The number of unbranched alkanes of at least 4 members (excludes halogenated alkanes) is 1. The molecule has 2 fully saturated rings. The molecule has 1 aliphatic heterocycles. The molecular weight excluding hydrogens is 625 g/mol. The lowest BCUT2D eigenvalue weighted by molar-refractivity contribution is -0.122. The number of thiol groups is 1. The molecule has 4 unspecified atom stereocenters. The van der Waals surface area contributed by atoms with E-state index in [0.29, 0.717) is 19.1 Å². The summed E-state index contributed by atoms with van der Waals surface area (Å²) >= 11 is 4.03. The lowest BCUT2D eigenvalue weighted by atomic mass is 9.41. The Morgan fingerprint density at radius 3 is 2.27 bits per heavy atom. The van der Waals surface area contributed by atoms with E-state index in [-0.39, 0.29) is 18.5 Å². The Morgan fingerprint density at radius 2 is 1.76 bits per heavy atom. The molecule has 1 saturated heterocycles. The Balaban J connectivity index is 0.000000586. The van der Waals surface area contributed by atoms with Crippen LogP contribution < -0.4 is 4.90 Å². The molecule has 6 radical (unpaired) electrons. The van der Waals surface area contributed by atoms with E-state index in [1.54, 1.807) is 11.1 Å². The second kappa shape index (κ2) is 24.0. The predicted octanol–water partition coefficient (Wildman–Crippen LogP) is 7.25. The fraction of sp³-hybridized carbons (Fsp3) is 0.769. The number of benzene rings is 1. The number of hydrogen-bond donors (Lipinski definition) is 3. The van der Waals surface area contributed by atoms with Gasteiger partial charge in [0.2, 0.25) is 0 Å². The number of piperidine rings is 1. The van der Waals surface area contributed by atoms with Gasteiger partial charge in [-0.2, -0.15) is 12.6 Å². The summed E-state index contributed by atoms with van der Waals surface area (Å²) in [6.45, 7) is 15.3. The number of aliphatic hydroxyl groups is 1. The summed E-state index contributed by atoms with van der Waals surface area (Å²) in [5.41, 5.74) is 6.13. The molecule has 4 atom stereocenters. The average Bonchev–Trinajstić information content (AvgIpc) is 3.39. The summed E-state index contributed by atoms with van der Waals surface area (Å²) in [6.07, 6.45) is 15.3. The highest BCUT2D eigenvalue weighted by Crippen LogP contribution is 2.53. The van der Waals surface area contributed by atoms with Crippen LogP contribution in [-0.2, 0) is 22.4 Å². The molecule has 10 heteroatoms. The van der Waals surface area contributed by atoms with Crippen LogP contribution >= 0.6 is 12.6 Å². The largest absolute Gasteiger partial charge is 0.483 e. The molecule has 272 valence electrons. The minimum atomic E-state index is -0.983. The first-order valence-electron chi connectivity index (χ1n) is 18.7. The van der Waals surface area contributed by atoms with Crippen LogP contribution in [0.4, 0.5) is 5.69 Å². The van der Waals surface area contributed by atoms with Gasteiger partial charge in [0.25, 0.3) is 6.47 Å². The van der Waals surface area contributed by atoms with E-state index in [2.05, 4.69) is 82.1 Å². The van der Waals surface area contributed by atoms with Crippen molar-refractivity contribution in [3.63, 3.8) is 0 Å². The van der Waals surface area contributed by atoms with Crippen molar-refractivity contribution in [1.29, 1.82) is 0 Å². The fourth-order valence-electron chi connectivity index (χ4n) is 7.85. The van der Waals surface area contributed by atoms with Gasteiger partial charge in [-0.3, -0.25) is 4.79 Å². The molecule has 0 bridgehead atoms. The maximum Gasteiger partial charge on any atom is 0.290 e. The minimum absolute atomic E-state index is 0.134. The standard InChI is InChI=1S/C28H46N2O2.C5H9B3S.C5H10.CH2O2/c1-5-14-28(2)26(10-11-27(28)32-18-17-31)23-7-6-22-20-25(9-8-21(22)19-23)30-15-12-24(13-16-30)29(3)4;6-5(7,8)3-1-2-4-9;1-4-5(2)3;2-1-3/h8-9,20,23-24,26-27,31H,5-7,10-19H2,1-4H3;9H,1-4H2;2,4H2,1,3H3;1H,(H,2,3). The maximum absolute atomic E-state index is 9.27. The highest BCUT2D eigenvalue weighted by atomic mass is 32.1. The number of aryl methyl sites for hydroxylation is 1. The molecule has 0 spiro atoms. The average molecular weight is 692 g/mol. The highest BCUT2D eigenvalue weighted by molar-refractivity contribution is 7.80. The molecule has 0 amide bonds. The second-order valence-corrected chi connectivity index (χ2v) is 15.3. The molecule has 2 N–H and O–H groups in total. The van der Waals surface area contributed by atoms with Gasteiger partial charge in [-0.25, -0.2) is 0 Å². The first-order chi connectivity index (χ1) is 23.2. The number of anilines is 1. The summed E-state index contributed by atoms with van der Waals surface area (Å²) in [5.74, 6) is 2.38. The number of aliphatic hydroxyl groups excluding tert-OH is 1. The summed E-state index contributed by atoms with van der Waals surface area (Å²) in [4.78, 5) is 13.4. The first kappa shape index (κ1) is 45.7. The Hall–Kier alpha value is -1.35. The summed E-state index contributed by atoms with van der Waals surface area (Å²) < 4.78 is 6.16. The van der Waals surface area contributed by atoms with Gasteiger partial charge >= 0.3 is 0 Å². The van der Waals surface area contributed by atoms with Gasteiger partial charge in [0.1, 0.15) is 0 Å². The Bertz CT molecular complexity index is 1070. The third kappa shape index (κ3) is 16.3. The third-order valence-electron chi connectivity index (χ3n) is 10.7. The van der Waals surface area contributed by atoms with Crippen LogP contribution in [0.1, 0.15) is 109 Å². The van der Waals surface area contributed by atoms with Crippen LogP contribution in [0, 0.1) is 17.3 Å². The molecule has 1 aromatic rings. The van der Waals surface area contributed by atoms with Crippen molar-refractivity contribution in [3.05, 3.63) is 41.5 Å². The zero-order valence-corrected chi connectivity index (χ0v) is 32.7.